The molecule has 2 heterocycles. The normalized spacial score (nSPS) is 24.7. The van der Waals surface area contributed by atoms with Gasteiger partial charge >= 0.3 is 0 Å². The Morgan fingerprint density at radius 3 is 2.63 bits per heavy atom. The first-order chi connectivity index (χ1) is 13.0. The number of nitriles is 1. The average molecular weight is 380 g/mol. The lowest BCUT2D eigenvalue weighted by atomic mass is 9.85. The van der Waals surface area contributed by atoms with E-state index >= 15 is 0 Å². The molecule has 0 unspecified atom stereocenters. The first-order valence-corrected chi connectivity index (χ1v) is 9.58. The summed E-state index contributed by atoms with van der Waals surface area (Å²) in [6, 6.07) is 15.7. The van der Waals surface area contributed by atoms with E-state index in [0.29, 0.717) is 21.7 Å². The lowest BCUT2D eigenvalue weighted by molar-refractivity contribution is -0.149. The minimum atomic E-state index is -1.51. The van der Waals surface area contributed by atoms with Crippen molar-refractivity contribution in [2.45, 2.75) is 25.0 Å². The van der Waals surface area contributed by atoms with Crippen molar-refractivity contribution in [3.63, 3.8) is 0 Å². The van der Waals surface area contributed by atoms with Crippen LogP contribution in [-0.2, 0) is 10.5 Å². The van der Waals surface area contributed by atoms with Crippen LogP contribution in [0.1, 0.15) is 29.0 Å². The topological polar surface area (TPSA) is 64.3 Å². The molecule has 0 spiro atoms. The van der Waals surface area contributed by atoms with E-state index in [9.17, 15) is 19.6 Å². The zero-order valence-electron chi connectivity index (χ0n) is 14.6. The van der Waals surface area contributed by atoms with Crippen molar-refractivity contribution < 1.29 is 14.3 Å². The van der Waals surface area contributed by atoms with E-state index in [4.69, 9.17) is 0 Å². The lowest BCUT2D eigenvalue weighted by Gasteiger charge is -2.38. The average Bonchev–Trinajstić information content (AvgIpc) is 3.02. The Bertz CT molecular complexity index is 996. The fourth-order valence-electron chi connectivity index (χ4n) is 3.68. The SMILES string of the molecule is Cc1ccc([C@@]2(O)CSC3=C(C#N)[C@H](c4ccccc4F)CC(=O)N32)cc1. The van der Waals surface area contributed by atoms with Crippen molar-refractivity contribution in [1.82, 2.24) is 4.90 Å². The number of halogens is 1. The van der Waals surface area contributed by atoms with Crippen LogP contribution >= 0.6 is 11.8 Å². The number of thioether (sulfide) groups is 1. The number of benzene rings is 2. The maximum absolute atomic E-state index is 14.3. The minimum Gasteiger partial charge on any atom is -0.366 e. The van der Waals surface area contributed by atoms with Crippen LogP contribution in [0.3, 0.4) is 0 Å². The van der Waals surface area contributed by atoms with Gasteiger partial charge in [-0.2, -0.15) is 5.26 Å². The summed E-state index contributed by atoms with van der Waals surface area (Å²) in [6.07, 6.45) is -0.0535. The predicted molar refractivity (Wildman–Crippen MR) is 101 cm³/mol. The largest absolute Gasteiger partial charge is 0.366 e. The first-order valence-electron chi connectivity index (χ1n) is 8.60. The van der Waals surface area contributed by atoms with Crippen LogP contribution in [0.2, 0.25) is 0 Å². The van der Waals surface area contributed by atoms with Gasteiger partial charge in [0, 0.05) is 17.9 Å². The molecular weight excluding hydrogens is 363 g/mol. The van der Waals surface area contributed by atoms with Crippen molar-refractivity contribution in [2.75, 3.05) is 5.75 Å². The second kappa shape index (κ2) is 6.52. The third-order valence-corrected chi connectivity index (χ3v) is 6.33. The summed E-state index contributed by atoms with van der Waals surface area (Å²) in [4.78, 5) is 14.3. The minimum absolute atomic E-state index is 0.0535. The van der Waals surface area contributed by atoms with Crippen LogP contribution < -0.4 is 0 Å². The fraction of sp³-hybridized carbons (Fsp3) is 0.238. The molecule has 27 heavy (non-hydrogen) atoms. The van der Waals surface area contributed by atoms with Gasteiger partial charge in [-0.25, -0.2) is 4.39 Å². The van der Waals surface area contributed by atoms with Gasteiger partial charge in [-0.3, -0.25) is 9.69 Å². The molecule has 6 heteroatoms. The summed E-state index contributed by atoms with van der Waals surface area (Å²) in [5.41, 5.74) is 0.804. The summed E-state index contributed by atoms with van der Waals surface area (Å²) in [6.45, 7) is 1.95. The zero-order chi connectivity index (χ0) is 19.2. The number of hydrogen-bond donors (Lipinski definition) is 1. The maximum Gasteiger partial charge on any atom is 0.231 e. The number of carbonyl (C=O) groups is 1. The van der Waals surface area contributed by atoms with Gasteiger partial charge in [-0.05, 0) is 18.6 Å². The molecule has 0 aromatic heterocycles. The number of carbonyl (C=O) groups excluding carboxylic acids is 1. The number of amides is 1. The quantitative estimate of drug-likeness (QED) is 0.861. The third-order valence-electron chi connectivity index (χ3n) is 5.11. The number of allylic oxidation sites excluding steroid dienone is 1. The molecule has 4 nitrogen and oxygen atoms in total. The highest BCUT2D eigenvalue weighted by Gasteiger charge is 2.52. The molecule has 1 N–H and O–H groups in total. The molecule has 0 saturated carbocycles. The molecule has 0 aliphatic carbocycles. The molecule has 136 valence electrons. The van der Waals surface area contributed by atoms with Crippen molar-refractivity contribution in [3.05, 3.63) is 81.6 Å². The Kier molecular flexibility index (Phi) is 4.29. The number of nitrogens with zero attached hydrogens (tertiary/aromatic N) is 2. The van der Waals surface area contributed by atoms with E-state index in [1.54, 1.807) is 30.3 Å². The summed E-state index contributed by atoms with van der Waals surface area (Å²) in [5.74, 6) is -1.16. The van der Waals surface area contributed by atoms with E-state index in [0.717, 1.165) is 5.56 Å². The molecule has 4 rings (SSSR count). The van der Waals surface area contributed by atoms with Gasteiger partial charge in [0.05, 0.1) is 22.4 Å². The number of rotatable bonds is 2. The molecule has 0 radical (unpaired) electrons. The van der Waals surface area contributed by atoms with E-state index in [1.807, 2.05) is 19.1 Å². The van der Waals surface area contributed by atoms with Gasteiger partial charge in [0.1, 0.15) is 5.82 Å². The number of fused-ring (bicyclic) bond motifs is 1. The van der Waals surface area contributed by atoms with Crippen LogP contribution in [0.5, 0.6) is 0 Å². The van der Waals surface area contributed by atoms with Gasteiger partial charge in [0.25, 0.3) is 0 Å². The van der Waals surface area contributed by atoms with E-state index in [1.165, 1.54) is 22.7 Å². The molecule has 1 amide bonds. The number of aryl methyl sites for hydroxylation is 1. The van der Waals surface area contributed by atoms with Gasteiger partial charge in [-0.15, -0.1) is 11.8 Å². The summed E-state index contributed by atoms with van der Waals surface area (Å²) in [7, 11) is 0. The van der Waals surface area contributed by atoms with Crippen LogP contribution in [0.25, 0.3) is 0 Å². The highest BCUT2D eigenvalue weighted by Crippen LogP contribution is 2.51. The van der Waals surface area contributed by atoms with E-state index in [2.05, 4.69) is 6.07 Å². The van der Waals surface area contributed by atoms with Gasteiger partial charge in [0.2, 0.25) is 5.91 Å². The molecule has 2 atom stereocenters. The smallest absolute Gasteiger partial charge is 0.231 e. The first kappa shape index (κ1) is 17.8. The molecule has 2 aliphatic heterocycles. The summed E-state index contributed by atoms with van der Waals surface area (Å²) < 4.78 is 14.3. The summed E-state index contributed by atoms with van der Waals surface area (Å²) >= 11 is 1.26. The predicted octanol–water partition coefficient (Wildman–Crippen LogP) is 3.78. The number of hydrogen-bond acceptors (Lipinski definition) is 4. The van der Waals surface area contributed by atoms with Gasteiger partial charge in [0.15, 0.2) is 5.72 Å². The second-order valence-electron chi connectivity index (χ2n) is 6.81. The Balaban J connectivity index is 1.83. The van der Waals surface area contributed by atoms with Crippen molar-refractivity contribution in [2.24, 2.45) is 0 Å². The molecule has 0 bridgehead atoms. The summed E-state index contributed by atoms with van der Waals surface area (Å²) in [5, 5.41) is 21.5. The second-order valence-corrected chi connectivity index (χ2v) is 7.77. The number of aliphatic hydroxyl groups is 1. The standard InChI is InChI=1S/C21H17FN2O2S/c1-13-6-8-14(9-7-13)21(26)12-27-20-17(11-23)16(10-19(25)24(20)21)15-4-2-3-5-18(15)22/h2-9,16,26H,10,12H2,1H3/t16-,21-/m0/s1. The van der Waals surface area contributed by atoms with Crippen molar-refractivity contribution in [1.29, 1.82) is 5.26 Å². The van der Waals surface area contributed by atoms with Crippen molar-refractivity contribution >= 4 is 17.7 Å². The Morgan fingerprint density at radius 1 is 1.26 bits per heavy atom. The molecule has 2 aliphatic rings. The van der Waals surface area contributed by atoms with Crippen LogP contribution in [-0.4, -0.2) is 21.7 Å². The highest BCUT2D eigenvalue weighted by molar-refractivity contribution is 8.03. The molecule has 2 aromatic rings. The zero-order valence-corrected chi connectivity index (χ0v) is 15.5. The molecule has 2 aromatic carbocycles. The molecular formula is C21H17FN2O2S. The Labute approximate surface area is 160 Å². The van der Waals surface area contributed by atoms with Crippen LogP contribution in [0, 0.1) is 24.1 Å². The van der Waals surface area contributed by atoms with Crippen molar-refractivity contribution in [3.8, 4) is 6.07 Å². The van der Waals surface area contributed by atoms with Gasteiger partial charge in [-0.1, -0.05) is 48.0 Å². The van der Waals surface area contributed by atoms with Crippen LogP contribution in [0.4, 0.5) is 4.39 Å². The van der Waals surface area contributed by atoms with E-state index < -0.39 is 17.5 Å². The monoisotopic (exact) mass is 380 g/mol. The Hall–Kier alpha value is -2.62. The molecule has 1 saturated heterocycles. The van der Waals surface area contributed by atoms with E-state index in [-0.39, 0.29) is 18.1 Å². The molecule has 1 fully saturated rings. The fourth-order valence-corrected chi connectivity index (χ4v) is 5.04. The maximum atomic E-state index is 14.3. The van der Waals surface area contributed by atoms with Crippen LogP contribution in [0.15, 0.2) is 59.1 Å². The third kappa shape index (κ3) is 2.75. The lowest BCUT2D eigenvalue weighted by Crippen LogP contribution is -2.48. The Morgan fingerprint density at radius 2 is 1.96 bits per heavy atom. The highest BCUT2D eigenvalue weighted by atomic mass is 32.2. The van der Waals surface area contributed by atoms with Gasteiger partial charge < -0.3 is 5.11 Å².